The molecule has 0 radical (unpaired) electrons. The summed E-state index contributed by atoms with van der Waals surface area (Å²) >= 11 is 0. The van der Waals surface area contributed by atoms with Gasteiger partial charge in [0.05, 0.1) is 5.60 Å². The zero-order chi connectivity index (χ0) is 14.9. The van der Waals surface area contributed by atoms with E-state index in [0.717, 1.165) is 24.5 Å². The molecule has 1 N–H and O–H groups in total. The molecule has 2 aliphatic rings. The van der Waals surface area contributed by atoms with Crippen LogP contribution in [-0.2, 0) is 4.74 Å². The molecule has 0 bridgehead atoms. The summed E-state index contributed by atoms with van der Waals surface area (Å²) in [4.78, 5) is 4.53. The molecule has 2 heterocycles. The molecule has 1 aromatic heterocycles. The Hall–Kier alpha value is -0.930. The second-order valence-corrected chi connectivity index (χ2v) is 6.86. The number of hydrogen-bond acceptors (Lipinski definition) is 3. The highest BCUT2D eigenvalue weighted by Gasteiger charge is 2.44. The number of nitrogens with one attached hydrogen (secondary N) is 1. The van der Waals surface area contributed by atoms with Gasteiger partial charge in [0.1, 0.15) is 0 Å². The maximum Gasteiger partial charge on any atom is 0.0686 e. The van der Waals surface area contributed by atoms with E-state index >= 15 is 0 Å². The van der Waals surface area contributed by atoms with Gasteiger partial charge in [-0.1, -0.05) is 6.92 Å². The van der Waals surface area contributed by atoms with Crippen LogP contribution in [0.3, 0.4) is 0 Å². The third-order valence-electron chi connectivity index (χ3n) is 5.15. The Morgan fingerprint density at radius 2 is 2.05 bits per heavy atom. The molecule has 1 aliphatic carbocycles. The van der Waals surface area contributed by atoms with Crippen molar-refractivity contribution in [2.75, 3.05) is 13.2 Å². The van der Waals surface area contributed by atoms with Crippen molar-refractivity contribution in [2.24, 2.45) is 5.92 Å². The summed E-state index contributed by atoms with van der Waals surface area (Å²) in [5.41, 5.74) is 3.87. The van der Waals surface area contributed by atoms with Gasteiger partial charge in [0, 0.05) is 24.0 Å². The summed E-state index contributed by atoms with van der Waals surface area (Å²) in [5, 5.41) is 3.73. The molecule has 0 aromatic carbocycles. The van der Waals surface area contributed by atoms with Crippen LogP contribution in [0.15, 0.2) is 12.1 Å². The average Bonchev–Trinajstić information content (AvgIpc) is 2.42. The zero-order valence-corrected chi connectivity index (χ0v) is 13.6. The highest BCUT2D eigenvalue weighted by Crippen LogP contribution is 2.47. The summed E-state index contributed by atoms with van der Waals surface area (Å²) in [6.45, 7) is 8.32. The molecule has 1 aromatic rings. The Morgan fingerprint density at radius 3 is 2.62 bits per heavy atom. The first-order chi connectivity index (χ1) is 10.1. The molecule has 1 saturated heterocycles. The van der Waals surface area contributed by atoms with E-state index in [1.54, 1.807) is 0 Å². The Labute approximate surface area is 128 Å². The third-order valence-corrected chi connectivity index (χ3v) is 5.15. The number of hydrogen-bond donors (Lipinski definition) is 1. The van der Waals surface area contributed by atoms with E-state index in [2.05, 4.69) is 43.2 Å². The van der Waals surface area contributed by atoms with Crippen LogP contribution in [0, 0.1) is 19.8 Å². The number of pyridine rings is 1. The molecule has 3 nitrogen and oxygen atoms in total. The van der Waals surface area contributed by atoms with Crippen molar-refractivity contribution in [1.82, 2.24) is 10.3 Å². The van der Waals surface area contributed by atoms with Gasteiger partial charge in [-0.2, -0.15) is 0 Å². The topological polar surface area (TPSA) is 34.2 Å². The minimum atomic E-state index is 0.216. The number of ether oxygens (including phenoxy) is 1. The standard InChI is InChI=1S/C18H28N2O/c1-4-19-17(16-10-13(2)20-14(3)11-16)15-6-9-21-18(12-15)7-5-8-18/h10-11,15,17,19H,4-9,12H2,1-3H3. The summed E-state index contributed by atoms with van der Waals surface area (Å²) in [7, 11) is 0. The van der Waals surface area contributed by atoms with Gasteiger partial charge in [-0.15, -0.1) is 0 Å². The van der Waals surface area contributed by atoms with Crippen molar-refractivity contribution in [3.05, 3.63) is 29.1 Å². The fraction of sp³-hybridized carbons (Fsp3) is 0.722. The van der Waals surface area contributed by atoms with Crippen LogP contribution in [0.2, 0.25) is 0 Å². The first kappa shape index (κ1) is 15.0. The van der Waals surface area contributed by atoms with E-state index in [1.807, 2.05) is 0 Å². The van der Waals surface area contributed by atoms with Gasteiger partial charge in [-0.25, -0.2) is 0 Å². The zero-order valence-electron chi connectivity index (χ0n) is 13.6. The van der Waals surface area contributed by atoms with Crippen molar-refractivity contribution in [2.45, 2.75) is 64.5 Å². The summed E-state index contributed by atoms with van der Waals surface area (Å²) in [6.07, 6.45) is 6.24. The normalized spacial score (nSPS) is 25.6. The van der Waals surface area contributed by atoms with Crippen LogP contribution >= 0.6 is 0 Å². The lowest BCUT2D eigenvalue weighted by Gasteiger charge is -2.49. The quantitative estimate of drug-likeness (QED) is 0.917. The number of nitrogens with zero attached hydrogens (tertiary/aromatic N) is 1. The minimum absolute atomic E-state index is 0.216. The highest BCUT2D eigenvalue weighted by molar-refractivity contribution is 5.24. The molecule has 0 amide bonds. The van der Waals surface area contributed by atoms with Crippen molar-refractivity contribution >= 4 is 0 Å². The maximum absolute atomic E-state index is 6.10. The molecular formula is C18H28N2O. The van der Waals surface area contributed by atoms with E-state index in [1.165, 1.54) is 37.7 Å². The van der Waals surface area contributed by atoms with Crippen molar-refractivity contribution in [3.63, 3.8) is 0 Å². The molecular weight excluding hydrogens is 260 g/mol. The minimum Gasteiger partial charge on any atom is -0.375 e. The highest BCUT2D eigenvalue weighted by atomic mass is 16.5. The van der Waals surface area contributed by atoms with Gasteiger partial charge in [0.15, 0.2) is 0 Å². The second kappa shape index (κ2) is 6.05. The van der Waals surface area contributed by atoms with E-state index in [9.17, 15) is 0 Å². The molecule has 1 saturated carbocycles. The summed E-state index contributed by atoms with van der Waals surface area (Å²) < 4.78 is 6.10. The smallest absolute Gasteiger partial charge is 0.0686 e. The van der Waals surface area contributed by atoms with E-state index < -0.39 is 0 Å². The van der Waals surface area contributed by atoms with Crippen LogP contribution in [0.5, 0.6) is 0 Å². The Morgan fingerprint density at radius 1 is 1.33 bits per heavy atom. The molecule has 1 spiro atoms. The third kappa shape index (κ3) is 3.14. The predicted molar refractivity (Wildman–Crippen MR) is 85.4 cm³/mol. The van der Waals surface area contributed by atoms with Gasteiger partial charge in [0.2, 0.25) is 0 Å². The molecule has 116 valence electrons. The first-order valence-corrected chi connectivity index (χ1v) is 8.44. The number of aromatic nitrogens is 1. The van der Waals surface area contributed by atoms with Crippen LogP contribution in [0.4, 0.5) is 0 Å². The van der Waals surface area contributed by atoms with Gasteiger partial charge >= 0.3 is 0 Å². The predicted octanol–water partition coefficient (Wildman–Crippen LogP) is 3.70. The molecule has 3 heteroatoms. The molecule has 1 aliphatic heterocycles. The van der Waals surface area contributed by atoms with Gasteiger partial charge in [0.25, 0.3) is 0 Å². The Kier molecular flexibility index (Phi) is 4.32. The van der Waals surface area contributed by atoms with Crippen LogP contribution < -0.4 is 5.32 Å². The van der Waals surface area contributed by atoms with E-state index in [-0.39, 0.29) is 5.60 Å². The molecule has 21 heavy (non-hydrogen) atoms. The van der Waals surface area contributed by atoms with E-state index in [4.69, 9.17) is 4.74 Å². The lowest BCUT2D eigenvalue weighted by molar-refractivity contribution is -0.147. The van der Waals surface area contributed by atoms with Crippen molar-refractivity contribution < 1.29 is 4.74 Å². The molecule has 2 fully saturated rings. The van der Waals surface area contributed by atoms with E-state index in [0.29, 0.717) is 12.0 Å². The Bertz CT molecular complexity index is 476. The lowest BCUT2D eigenvalue weighted by Crippen LogP contribution is -2.48. The monoisotopic (exact) mass is 288 g/mol. The molecule has 2 unspecified atom stereocenters. The first-order valence-electron chi connectivity index (χ1n) is 8.44. The number of rotatable bonds is 4. The fourth-order valence-corrected chi connectivity index (χ4v) is 4.09. The van der Waals surface area contributed by atoms with Crippen LogP contribution in [-0.4, -0.2) is 23.7 Å². The second-order valence-electron chi connectivity index (χ2n) is 6.86. The SMILES string of the molecule is CCNC(c1cc(C)nc(C)c1)C1CCOC2(CCC2)C1. The maximum atomic E-state index is 6.10. The van der Waals surface area contributed by atoms with Crippen molar-refractivity contribution in [1.29, 1.82) is 0 Å². The van der Waals surface area contributed by atoms with Crippen LogP contribution in [0.1, 0.15) is 62.0 Å². The lowest BCUT2D eigenvalue weighted by atomic mass is 9.69. The van der Waals surface area contributed by atoms with Crippen LogP contribution in [0.25, 0.3) is 0 Å². The largest absolute Gasteiger partial charge is 0.375 e. The Balaban J connectivity index is 1.83. The fourth-order valence-electron chi connectivity index (χ4n) is 4.09. The van der Waals surface area contributed by atoms with Gasteiger partial charge < -0.3 is 10.1 Å². The summed E-state index contributed by atoms with van der Waals surface area (Å²) in [5.74, 6) is 0.681. The summed E-state index contributed by atoms with van der Waals surface area (Å²) in [6, 6.07) is 4.95. The number of aryl methyl sites for hydroxylation is 2. The van der Waals surface area contributed by atoms with Gasteiger partial charge in [-0.05, 0) is 76.1 Å². The molecule has 2 atom stereocenters. The average molecular weight is 288 g/mol. The van der Waals surface area contributed by atoms with Crippen molar-refractivity contribution in [3.8, 4) is 0 Å². The van der Waals surface area contributed by atoms with Gasteiger partial charge in [-0.3, -0.25) is 4.98 Å². The molecule has 3 rings (SSSR count).